The maximum atomic E-state index is 11.8. The molecule has 0 bridgehead atoms. The normalized spacial score (nSPS) is 14.2. The number of fused-ring (bicyclic) bond motifs is 5. The summed E-state index contributed by atoms with van der Waals surface area (Å²) in [5, 5.41) is 3.96. The minimum absolute atomic E-state index is 0.206. The van der Waals surface area contributed by atoms with Gasteiger partial charge in [0, 0.05) is 16.3 Å². The van der Waals surface area contributed by atoms with Crippen LogP contribution in [0.3, 0.4) is 0 Å². The Labute approximate surface area is 101 Å². The first-order valence-electron chi connectivity index (χ1n) is 5.51. The van der Waals surface area contributed by atoms with Gasteiger partial charge in [0.1, 0.15) is 5.69 Å². The van der Waals surface area contributed by atoms with E-state index in [-0.39, 0.29) is 11.6 Å². The number of hydrogen-bond acceptors (Lipinski definition) is 3. The molecule has 2 N–H and O–H groups in total. The summed E-state index contributed by atoms with van der Waals surface area (Å²) in [7, 11) is 0. The van der Waals surface area contributed by atoms with Crippen LogP contribution in [-0.4, -0.2) is 21.8 Å². The van der Waals surface area contributed by atoms with Crippen molar-refractivity contribution < 1.29 is 9.59 Å². The molecule has 4 rings (SSSR count). The zero-order valence-electron chi connectivity index (χ0n) is 9.15. The lowest BCUT2D eigenvalue weighted by atomic mass is 10.1. The molecule has 1 aromatic carbocycles. The average Bonchev–Trinajstić information content (AvgIpc) is 2.87. The summed E-state index contributed by atoms with van der Waals surface area (Å²) < 4.78 is 0. The number of pyridine rings is 1. The number of carbonyl (C=O) groups is 2. The Morgan fingerprint density at radius 2 is 1.83 bits per heavy atom. The first-order valence-corrected chi connectivity index (χ1v) is 5.51. The van der Waals surface area contributed by atoms with Gasteiger partial charge in [-0.05, 0) is 6.07 Å². The van der Waals surface area contributed by atoms with Crippen molar-refractivity contribution in [2.45, 2.75) is 0 Å². The van der Waals surface area contributed by atoms with Crippen LogP contribution in [0.4, 0.5) is 0 Å². The fourth-order valence-corrected chi connectivity index (χ4v) is 2.46. The zero-order chi connectivity index (χ0) is 12.3. The fraction of sp³-hybridized carbons (Fsp3) is 0. The van der Waals surface area contributed by atoms with E-state index < -0.39 is 5.91 Å². The second kappa shape index (κ2) is 2.95. The van der Waals surface area contributed by atoms with Crippen molar-refractivity contribution >= 4 is 33.6 Å². The molecular weight excluding hydrogens is 230 g/mol. The second-order valence-electron chi connectivity index (χ2n) is 4.22. The van der Waals surface area contributed by atoms with Gasteiger partial charge in [0.25, 0.3) is 11.8 Å². The van der Waals surface area contributed by atoms with E-state index in [1.54, 1.807) is 6.20 Å². The molecule has 0 fully saturated rings. The lowest BCUT2D eigenvalue weighted by Gasteiger charge is -1.96. The number of hydrogen-bond donors (Lipinski definition) is 2. The van der Waals surface area contributed by atoms with Crippen LogP contribution in [0.5, 0.6) is 0 Å². The van der Waals surface area contributed by atoms with Crippen molar-refractivity contribution in [3.63, 3.8) is 0 Å². The Balaban J connectivity index is 2.29. The molecule has 0 aliphatic carbocycles. The fourth-order valence-electron chi connectivity index (χ4n) is 2.46. The molecule has 1 aliphatic rings. The number of amides is 2. The number of para-hydroxylation sites is 1. The molecular formula is C13H7N3O2. The Kier molecular flexibility index (Phi) is 1.53. The SMILES string of the molecule is O=C1NC(=O)c2c1ncc1[nH]c3ccccc3c21. The van der Waals surface area contributed by atoms with Gasteiger partial charge in [-0.2, -0.15) is 0 Å². The number of nitrogens with zero attached hydrogens (tertiary/aromatic N) is 1. The van der Waals surface area contributed by atoms with E-state index in [0.29, 0.717) is 5.56 Å². The number of carbonyl (C=O) groups excluding carboxylic acids is 2. The molecule has 0 saturated carbocycles. The molecule has 3 aromatic rings. The maximum absolute atomic E-state index is 11.8. The topological polar surface area (TPSA) is 74.8 Å². The van der Waals surface area contributed by atoms with Crippen molar-refractivity contribution in [3.8, 4) is 0 Å². The Bertz CT molecular complexity index is 848. The van der Waals surface area contributed by atoms with Crippen molar-refractivity contribution in [2.24, 2.45) is 0 Å². The summed E-state index contributed by atoms with van der Waals surface area (Å²) in [6, 6.07) is 7.66. The number of rotatable bonds is 0. The third kappa shape index (κ3) is 0.982. The smallest absolute Gasteiger partial charge is 0.277 e. The summed E-state index contributed by atoms with van der Waals surface area (Å²) in [5.74, 6) is -0.806. The van der Waals surface area contributed by atoms with Crippen LogP contribution in [0.1, 0.15) is 20.8 Å². The van der Waals surface area contributed by atoms with Crippen molar-refractivity contribution in [1.82, 2.24) is 15.3 Å². The third-order valence-corrected chi connectivity index (χ3v) is 3.21. The molecule has 2 aromatic heterocycles. The summed E-state index contributed by atoms with van der Waals surface area (Å²) in [5.41, 5.74) is 2.27. The van der Waals surface area contributed by atoms with Crippen LogP contribution in [0, 0.1) is 0 Å². The lowest BCUT2D eigenvalue weighted by molar-refractivity contribution is 0.0878. The molecule has 0 atom stereocenters. The molecule has 1 aliphatic heterocycles. The summed E-state index contributed by atoms with van der Waals surface area (Å²) in [6.45, 7) is 0. The number of benzene rings is 1. The largest absolute Gasteiger partial charge is 0.353 e. The minimum Gasteiger partial charge on any atom is -0.353 e. The van der Waals surface area contributed by atoms with Gasteiger partial charge in [-0.15, -0.1) is 0 Å². The highest BCUT2D eigenvalue weighted by atomic mass is 16.2. The molecule has 2 amide bonds. The standard InChI is InChI=1S/C13H7N3O2/c17-12-10-9-6-3-1-2-4-7(6)15-8(9)5-14-11(10)13(18)16-12/h1-5,15H,(H,16,17,18). The number of imide groups is 1. The van der Waals surface area contributed by atoms with Gasteiger partial charge in [0.2, 0.25) is 0 Å². The Morgan fingerprint density at radius 3 is 2.72 bits per heavy atom. The van der Waals surface area contributed by atoms with E-state index >= 15 is 0 Å². The van der Waals surface area contributed by atoms with Gasteiger partial charge in [0.05, 0.1) is 17.3 Å². The highest BCUT2D eigenvalue weighted by Crippen LogP contribution is 2.30. The van der Waals surface area contributed by atoms with E-state index in [4.69, 9.17) is 0 Å². The lowest BCUT2D eigenvalue weighted by Crippen LogP contribution is -2.20. The van der Waals surface area contributed by atoms with E-state index in [9.17, 15) is 9.59 Å². The monoisotopic (exact) mass is 237 g/mol. The molecule has 3 heterocycles. The quantitative estimate of drug-likeness (QED) is 0.583. The number of nitrogens with one attached hydrogen (secondary N) is 2. The first-order chi connectivity index (χ1) is 8.75. The van der Waals surface area contributed by atoms with Crippen LogP contribution >= 0.6 is 0 Å². The van der Waals surface area contributed by atoms with E-state index in [1.807, 2.05) is 24.3 Å². The van der Waals surface area contributed by atoms with Crippen LogP contribution in [0.15, 0.2) is 30.5 Å². The third-order valence-electron chi connectivity index (χ3n) is 3.21. The summed E-state index contributed by atoms with van der Waals surface area (Å²) in [6.07, 6.45) is 1.59. The predicted molar refractivity (Wildman–Crippen MR) is 65.4 cm³/mol. The molecule has 5 nitrogen and oxygen atoms in total. The van der Waals surface area contributed by atoms with Crippen LogP contribution < -0.4 is 5.32 Å². The van der Waals surface area contributed by atoms with Gasteiger partial charge in [-0.3, -0.25) is 14.9 Å². The maximum Gasteiger partial charge on any atom is 0.277 e. The summed E-state index contributed by atoms with van der Waals surface area (Å²) >= 11 is 0. The Hall–Kier alpha value is -2.69. The molecule has 0 radical (unpaired) electrons. The first kappa shape index (κ1) is 9.35. The van der Waals surface area contributed by atoms with E-state index in [1.165, 1.54) is 0 Å². The van der Waals surface area contributed by atoms with Gasteiger partial charge >= 0.3 is 0 Å². The van der Waals surface area contributed by atoms with Crippen LogP contribution in [0.2, 0.25) is 0 Å². The van der Waals surface area contributed by atoms with Crippen molar-refractivity contribution in [3.05, 3.63) is 41.7 Å². The molecule has 5 heteroatoms. The number of aromatic nitrogens is 2. The molecule has 0 saturated heterocycles. The molecule has 86 valence electrons. The summed E-state index contributed by atoms with van der Waals surface area (Å²) in [4.78, 5) is 30.7. The van der Waals surface area contributed by atoms with E-state index in [0.717, 1.165) is 21.8 Å². The number of aromatic amines is 1. The van der Waals surface area contributed by atoms with Gasteiger partial charge in [0.15, 0.2) is 0 Å². The average molecular weight is 237 g/mol. The highest BCUT2D eigenvalue weighted by molar-refractivity contribution is 6.29. The predicted octanol–water partition coefficient (Wildman–Crippen LogP) is 1.60. The second-order valence-corrected chi connectivity index (χ2v) is 4.22. The minimum atomic E-state index is -0.429. The Morgan fingerprint density at radius 1 is 1.00 bits per heavy atom. The van der Waals surface area contributed by atoms with E-state index in [2.05, 4.69) is 15.3 Å². The van der Waals surface area contributed by atoms with Crippen molar-refractivity contribution in [1.29, 1.82) is 0 Å². The number of H-pyrrole nitrogens is 1. The highest BCUT2D eigenvalue weighted by Gasteiger charge is 2.31. The van der Waals surface area contributed by atoms with Crippen LogP contribution in [0.25, 0.3) is 21.8 Å². The molecule has 0 unspecified atom stereocenters. The van der Waals surface area contributed by atoms with Gasteiger partial charge in [-0.25, -0.2) is 4.98 Å². The van der Waals surface area contributed by atoms with Gasteiger partial charge in [-0.1, -0.05) is 18.2 Å². The zero-order valence-corrected chi connectivity index (χ0v) is 9.15. The van der Waals surface area contributed by atoms with Crippen molar-refractivity contribution in [2.75, 3.05) is 0 Å². The van der Waals surface area contributed by atoms with Gasteiger partial charge < -0.3 is 4.98 Å². The molecule has 18 heavy (non-hydrogen) atoms. The molecule has 0 spiro atoms. The van der Waals surface area contributed by atoms with Crippen LogP contribution in [-0.2, 0) is 0 Å².